The molecule has 0 unspecified atom stereocenters. The van der Waals surface area contributed by atoms with Gasteiger partial charge in [0.15, 0.2) is 17.0 Å². The number of nitro benzene ring substituents is 1. The van der Waals surface area contributed by atoms with E-state index in [4.69, 9.17) is 14.7 Å². The summed E-state index contributed by atoms with van der Waals surface area (Å²) in [4.78, 5) is 24.8. The molecule has 0 amide bonds. The molecule has 0 bridgehead atoms. The van der Waals surface area contributed by atoms with Crippen LogP contribution in [0.3, 0.4) is 0 Å². The number of aliphatic hydroxyl groups is 1. The molecule has 0 spiro atoms. The first-order chi connectivity index (χ1) is 22.5. The number of nitrogens with zero attached hydrogens (tertiary/aromatic N) is 5. The van der Waals surface area contributed by atoms with E-state index in [-0.39, 0.29) is 18.3 Å². The van der Waals surface area contributed by atoms with Crippen LogP contribution in [0.2, 0.25) is 0 Å². The van der Waals surface area contributed by atoms with Crippen LogP contribution < -0.4 is 10.1 Å². The highest BCUT2D eigenvalue weighted by molar-refractivity contribution is 5.83. The van der Waals surface area contributed by atoms with Gasteiger partial charge < -0.3 is 19.7 Å². The SMILES string of the molecule is O=[N+]([O-])c1ccc(C[C@@H](CO)Nc2nc(Oc3ccc4c(c3)CCC4)nc3c2ncn3Cc2ccc(-c3ccccc3)cc2)cc1. The van der Waals surface area contributed by atoms with E-state index in [0.717, 1.165) is 41.5 Å². The number of hydrogen-bond acceptors (Lipinski definition) is 8. The summed E-state index contributed by atoms with van der Waals surface area (Å²) in [6.45, 7) is 0.338. The molecule has 10 nitrogen and oxygen atoms in total. The van der Waals surface area contributed by atoms with Gasteiger partial charge in [-0.15, -0.1) is 0 Å². The summed E-state index contributed by atoms with van der Waals surface area (Å²) in [6, 6.07) is 30.8. The Balaban J connectivity index is 1.19. The van der Waals surface area contributed by atoms with Gasteiger partial charge in [-0.1, -0.05) is 72.8 Å². The molecule has 0 radical (unpaired) electrons. The smallest absolute Gasteiger partial charge is 0.326 e. The molecule has 1 aliphatic rings. The van der Waals surface area contributed by atoms with Crippen molar-refractivity contribution in [2.75, 3.05) is 11.9 Å². The van der Waals surface area contributed by atoms with Crippen LogP contribution in [-0.2, 0) is 25.8 Å². The van der Waals surface area contributed by atoms with Crippen LogP contribution in [-0.4, -0.2) is 42.2 Å². The van der Waals surface area contributed by atoms with Crippen molar-refractivity contribution < 1.29 is 14.8 Å². The third kappa shape index (κ3) is 6.29. The first-order valence-corrected chi connectivity index (χ1v) is 15.3. The van der Waals surface area contributed by atoms with E-state index in [2.05, 4.69) is 58.8 Å². The lowest BCUT2D eigenvalue weighted by molar-refractivity contribution is -0.384. The van der Waals surface area contributed by atoms with Gasteiger partial charge in [-0.2, -0.15) is 9.97 Å². The van der Waals surface area contributed by atoms with Crippen molar-refractivity contribution in [1.82, 2.24) is 19.5 Å². The molecule has 0 fully saturated rings. The van der Waals surface area contributed by atoms with Crippen LogP contribution in [0.15, 0.2) is 103 Å². The van der Waals surface area contributed by atoms with Crippen LogP contribution >= 0.6 is 0 Å². The Bertz CT molecular complexity index is 1990. The molecule has 2 N–H and O–H groups in total. The summed E-state index contributed by atoms with van der Waals surface area (Å²) in [5, 5.41) is 24.7. The zero-order valence-corrected chi connectivity index (χ0v) is 25.0. The van der Waals surface area contributed by atoms with Gasteiger partial charge in [0.25, 0.3) is 5.69 Å². The number of non-ortho nitro benzene ring substituents is 1. The van der Waals surface area contributed by atoms with E-state index >= 15 is 0 Å². The third-order valence-corrected chi connectivity index (χ3v) is 8.33. The zero-order chi connectivity index (χ0) is 31.5. The lowest BCUT2D eigenvalue weighted by Gasteiger charge is -2.18. The molecule has 4 aromatic carbocycles. The molecule has 2 heterocycles. The molecule has 0 saturated carbocycles. The molecule has 1 aliphatic carbocycles. The highest BCUT2D eigenvalue weighted by atomic mass is 16.6. The number of nitro groups is 1. The average molecular weight is 613 g/mol. The fourth-order valence-electron chi connectivity index (χ4n) is 5.93. The van der Waals surface area contributed by atoms with Crippen molar-refractivity contribution in [3.05, 3.63) is 136 Å². The first kappa shape index (κ1) is 29.1. The highest BCUT2D eigenvalue weighted by Gasteiger charge is 2.20. The monoisotopic (exact) mass is 612 g/mol. The van der Waals surface area contributed by atoms with Crippen LogP contribution in [0.4, 0.5) is 11.5 Å². The molecule has 10 heteroatoms. The van der Waals surface area contributed by atoms with Crippen molar-refractivity contribution in [2.45, 2.75) is 38.3 Å². The van der Waals surface area contributed by atoms with E-state index < -0.39 is 11.0 Å². The number of imidazole rings is 1. The Morgan fingerprint density at radius 2 is 1.63 bits per heavy atom. The van der Waals surface area contributed by atoms with Gasteiger partial charge in [0.1, 0.15) is 5.75 Å². The number of anilines is 1. The van der Waals surface area contributed by atoms with Gasteiger partial charge in [0, 0.05) is 12.1 Å². The van der Waals surface area contributed by atoms with Crippen molar-refractivity contribution >= 4 is 22.7 Å². The Labute approximate surface area is 265 Å². The van der Waals surface area contributed by atoms with Gasteiger partial charge in [0.2, 0.25) is 0 Å². The number of ether oxygens (including phenoxy) is 1. The average Bonchev–Trinajstić information content (AvgIpc) is 3.72. The zero-order valence-electron chi connectivity index (χ0n) is 25.0. The Morgan fingerprint density at radius 1 is 0.891 bits per heavy atom. The molecule has 46 heavy (non-hydrogen) atoms. The summed E-state index contributed by atoms with van der Waals surface area (Å²) >= 11 is 0. The maximum atomic E-state index is 11.1. The van der Waals surface area contributed by atoms with Crippen molar-refractivity contribution in [3.8, 4) is 22.9 Å². The molecule has 7 rings (SSSR count). The summed E-state index contributed by atoms with van der Waals surface area (Å²) in [5.41, 5.74) is 8.00. The minimum atomic E-state index is -0.442. The summed E-state index contributed by atoms with van der Waals surface area (Å²) in [6.07, 6.45) is 5.39. The van der Waals surface area contributed by atoms with Crippen LogP contribution in [0.5, 0.6) is 11.8 Å². The standard InChI is InChI=1S/C36H32N6O4/c43-22-30(19-24-11-16-31(17-12-24)42(44)45)38-34-33-35(40-36(39-34)46-32-18-15-27-7-4-8-29(27)20-32)41(23-37-33)21-25-9-13-28(14-10-25)26-5-2-1-3-6-26/h1-3,5-6,9-18,20,23,30,43H,4,7-8,19,21-22H2,(H,38,39,40)/t30-/m0/s1. The Kier molecular flexibility index (Phi) is 8.09. The predicted molar refractivity (Wildman–Crippen MR) is 176 cm³/mol. The van der Waals surface area contributed by atoms with Gasteiger partial charge in [0.05, 0.1) is 30.4 Å². The minimum absolute atomic E-state index is 0.0170. The second-order valence-electron chi connectivity index (χ2n) is 11.5. The maximum Gasteiger partial charge on any atom is 0.326 e. The van der Waals surface area contributed by atoms with E-state index in [0.29, 0.717) is 35.7 Å². The van der Waals surface area contributed by atoms with Crippen molar-refractivity contribution in [1.29, 1.82) is 0 Å². The number of fused-ring (bicyclic) bond motifs is 2. The quantitative estimate of drug-likeness (QED) is 0.122. The number of hydrogen-bond donors (Lipinski definition) is 2. The third-order valence-electron chi connectivity index (χ3n) is 8.33. The topological polar surface area (TPSA) is 128 Å². The first-order valence-electron chi connectivity index (χ1n) is 15.3. The second kappa shape index (κ2) is 12.8. The number of aryl methyl sites for hydroxylation is 2. The van der Waals surface area contributed by atoms with E-state index in [1.54, 1.807) is 18.5 Å². The van der Waals surface area contributed by atoms with E-state index in [1.165, 1.54) is 23.3 Å². The molecule has 230 valence electrons. The predicted octanol–water partition coefficient (Wildman–Crippen LogP) is 6.75. The largest absolute Gasteiger partial charge is 0.424 e. The van der Waals surface area contributed by atoms with Gasteiger partial charge in [-0.25, -0.2) is 4.98 Å². The van der Waals surface area contributed by atoms with Gasteiger partial charge >= 0.3 is 6.01 Å². The molecule has 2 aromatic heterocycles. The van der Waals surface area contributed by atoms with E-state index in [1.807, 2.05) is 28.8 Å². The fraction of sp³-hybridized carbons (Fsp3) is 0.194. The maximum absolute atomic E-state index is 11.1. The fourth-order valence-corrected chi connectivity index (χ4v) is 5.93. The molecule has 6 aromatic rings. The lowest BCUT2D eigenvalue weighted by atomic mass is 10.0. The normalized spacial score (nSPS) is 13.0. The van der Waals surface area contributed by atoms with Crippen LogP contribution in [0.1, 0.15) is 28.7 Å². The molecular weight excluding hydrogens is 580 g/mol. The second-order valence-corrected chi connectivity index (χ2v) is 11.5. The minimum Gasteiger partial charge on any atom is -0.424 e. The van der Waals surface area contributed by atoms with Crippen LogP contribution in [0, 0.1) is 10.1 Å². The Hall–Kier alpha value is -5.61. The lowest BCUT2D eigenvalue weighted by Crippen LogP contribution is -2.27. The summed E-state index contributed by atoms with van der Waals surface area (Å²) < 4.78 is 8.19. The van der Waals surface area contributed by atoms with Gasteiger partial charge in [-0.3, -0.25) is 10.1 Å². The number of aromatic nitrogens is 4. The number of nitrogens with one attached hydrogen (secondary N) is 1. The van der Waals surface area contributed by atoms with Crippen LogP contribution in [0.25, 0.3) is 22.3 Å². The molecular formula is C36H32N6O4. The molecule has 0 saturated heterocycles. The Morgan fingerprint density at radius 3 is 2.39 bits per heavy atom. The summed E-state index contributed by atoms with van der Waals surface area (Å²) in [5.74, 6) is 1.10. The van der Waals surface area contributed by atoms with E-state index in [9.17, 15) is 15.2 Å². The molecule has 0 aliphatic heterocycles. The summed E-state index contributed by atoms with van der Waals surface area (Å²) in [7, 11) is 0. The number of rotatable bonds is 11. The van der Waals surface area contributed by atoms with Gasteiger partial charge in [-0.05, 0) is 71.2 Å². The highest BCUT2D eigenvalue weighted by Crippen LogP contribution is 2.30. The number of aliphatic hydroxyl groups excluding tert-OH is 1. The number of benzene rings is 4. The van der Waals surface area contributed by atoms with Crippen molar-refractivity contribution in [3.63, 3.8) is 0 Å². The molecule has 1 atom stereocenters. The van der Waals surface area contributed by atoms with Crippen molar-refractivity contribution in [2.24, 2.45) is 0 Å².